The molecule has 1 saturated carbocycles. The third kappa shape index (κ3) is 4.09. The summed E-state index contributed by atoms with van der Waals surface area (Å²) in [6, 6.07) is 11.7. The molecule has 29 heavy (non-hydrogen) atoms. The number of benzene rings is 1. The first kappa shape index (κ1) is 19.4. The molecule has 2 fully saturated rings. The number of hydrogen-bond acceptors (Lipinski definition) is 4. The van der Waals surface area contributed by atoms with Crippen LogP contribution in [0.4, 0.5) is 5.82 Å². The SMILES string of the molecule is Cc1cc(NC(=O)CCN2C(=O)C3CCCCC3C2=O)n(Cc2ccccc2)n1. The van der Waals surface area contributed by atoms with Gasteiger partial charge in [-0.25, -0.2) is 4.68 Å². The van der Waals surface area contributed by atoms with Gasteiger partial charge in [0.15, 0.2) is 0 Å². The Morgan fingerprint density at radius 3 is 2.41 bits per heavy atom. The van der Waals surface area contributed by atoms with E-state index in [4.69, 9.17) is 0 Å². The Morgan fingerprint density at radius 2 is 1.76 bits per heavy atom. The highest BCUT2D eigenvalue weighted by atomic mass is 16.2. The number of nitrogens with one attached hydrogen (secondary N) is 1. The lowest BCUT2D eigenvalue weighted by Crippen LogP contribution is -2.34. The monoisotopic (exact) mass is 394 g/mol. The molecule has 1 aromatic carbocycles. The lowest BCUT2D eigenvalue weighted by atomic mass is 9.81. The van der Waals surface area contributed by atoms with E-state index in [1.807, 2.05) is 43.3 Å². The topological polar surface area (TPSA) is 84.3 Å². The number of nitrogens with zero attached hydrogens (tertiary/aromatic N) is 3. The number of imide groups is 1. The quantitative estimate of drug-likeness (QED) is 0.764. The van der Waals surface area contributed by atoms with Gasteiger partial charge in [0, 0.05) is 19.0 Å². The number of aryl methyl sites for hydroxylation is 1. The number of carbonyl (C=O) groups is 3. The first-order chi connectivity index (χ1) is 14.0. The van der Waals surface area contributed by atoms with Crippen LogP contribution in [0.25, 0.3) is 0 Å². The van der Waals surface area contributed by atoms with Crippen molar-refractivity contribution in [3.63, 3.8) is 0 Å². The number of carbonyl (C=O) groups excluding carboxylic acids is 3. The fraction of sp³-hybridized carbons (Fsp3) is 0.455. The molecule has 1 saturated heterocycles. The molecule has 0 bridgehead atoms. The van der Waals surface area contributed by atoms with Crippen LogP contribution in [0.15, 0.2) is 36.4 Å². The summed E-state index contributed by atoms with van der Waals surface area (Å²) in [5, 5.41) is 7.33. The maximum atomic E-state index is 12.5. The highest BCUT2D eigenvalue weighted by Crippen LogP contribution is 2.37. The van der Waals surface area contributed by atoms with Crippen LogP contribution in [0.1, 0.15) is 43.4 Å². The number of fused-ring (bicyclic) bond motifs is 1. The molecule has 2 heterocycles. The summed E-state index contributed by atoms with van der Waals surface area (Å²) >= 11 is 0. The Bertz CT molecular complexity index is 897. The third-order valence-corrected chi connectivity index (χ3v) is 5.84. The Labute approximate surface area is 170 Å². The molecule has 2 aliphatic rings. The van der Waals surface area contributed by atoms with Gasteiger partial charge >= 0.3 is 0 Å². The highest BCUT2D eigenvalue weighted by molar-refractivity contribution is 6.05. The first-order valence-corrected chi connectivity index (χ1v) is 10.3. The number of rotatable bonds is 6. The lowest BCUT2D eigenvalue weighted by Gasteiger charge is -2.19. The summed E-state index contributed by atoms with van der Waals surface area (Å²) in [5.74, 6) is -0.155. The summed E-state index contributed by atoms with van der Waals surface area (Å²) in [5.41, 5.74) is 1.90. The van der Waals surface area contributed by atoms with Gasteiger partial charge in [0.25, 0.3) is 0 Å². The van der Waals surface area contributed by atoms with E-state index in [1.54, 1.807) is 4.68 Å². The Kier molecular flexibility index (Phi) is 5.47. The summed E-state index contributed by atoms with van der Waals surface area (Å²) in [7, 11) is 0. The minimum absolute atomic E-state index is 0.0898. The van der Waals surface area contributed by atoms with Gasteiger partial charge in [-0.1, -0.05) is 43.2 Å². The molecule has 2 atom stereocenters. The van der Waals surface area contributed by atoms with Crippen LogP contribution in [0.2, 0.25) is 0 Å². The molecular formula is C22H26N4O3. The van der Waals surface area contributed by atoms with Gasteiger partial charge < -0.3 is 5.32 Å². The van der Waals surface area contributed by atoms with Gasteiger partial charge in [-0.15, -0.1) is 0 Å². The van der Waals surface area contributed by atoms with E-state index in [9.17, 15) is 14.4 Å². The minimum atomic E-state index is -0.227. The summed E-state index contributed by atoms with van der Waals surface area (Å²) in [4.78, 5) is 38.9. The maximum absolute atomic E-state index is 12.5. The Balaban J connectivity index is 1.37. The molecule has 2 unspecified atom stereocenters. The van der Waals surface area contributed by atoms with Crippen LogP contribution < -0.4 is 5.32 Å². The predicted octanol–water partition coefficient (Wildman–Crippen LogP) is 2.74. The van der Waals surface area contributed by atoms with Crippen molar-refractivity contribution in [1.82, 2.24) is 14.7 Å². The zero-order chi connectivity index (χ0) is 20.4. The number of anilines is 1. The van der Waals surface area contributed by atoms with Gasteiger partial charge in [-0.3, -0.25) is 19.3 Å². The minimum Gasteiger partial charge on any atom is -0.311 e. The average molecular weight is 394 g/mol. The van der Waals surface area contributed by atoms with E-state index < -0.39 is 0 Å². The first-order valence-electron chi connectivity index (χ1n) is 10.3. The van der Waals surface area contributed by atoms with Crippen LogP contribution in [-0.4, -0.2) is 38.9 Å². The van der Waals surface area contributed by atoms with Crippen molar-refractivity contribution in [2.24, 2.45) is 11.8 Å². The smallest absolute Gasteiger partial charge is 0.233 e. The second-order valence-electron chi connectivity index (χ2n) is 7.94. The molecule has 3 amide bonds. The van der Waals surface area contributed by atoms with E-state index in [0.717, 1.165) is 36.9 Å². The maximum Gasteiger partial charge on any atom is 0.233 e. The van der Waals surface area contributed by atoms with E-state index in [2.05, 4.69) is 10.4 Å². The van der Waals surface area contributed by atoms with Crippen molar-refractivity contribution < 1.29 is 14.4 Å². The van der Waals surface area contributed by atoms with Crippen LogP contribution in [0, 0.1) is 18.8 Å². The van der Waals surface area contributed by atoms with Crippen molar-refractivity contribution in [1.29, 1.82) is 0 Å². The fourth-order valence-electron chi connectivity index (χ4n) is 4.39. The van der Waals surface area contributed by atoms with Crippen LogP contribution >= 0.6 is 0 Å². The third-order valence-electron chi connectivity index (χ3n) is 5.84. The zero-order valence-corrected chi connectivity index (χ0v) is 16.6. The molecule has 7 heteroatoms. The number of amides is 3. The fourth-order valence-corrected chi connectivity index (χ4v) is 4.39. The second kappa shape index (κ2) is 8.19. The molecule has 7 nitrogen and oxygen atoms in total. The van der Waals surface area contributed by atoms with Crippen LogP contribution in [0.5, 0.6) is 0 Å². The van der Waals surface area contributed by atoms with Crippen molar-refractivity contribution in [2.75, 3.05) is 11.9 Å². The van der Waals surface area contributed by atoms with E-state index in [1.165, 1.54) is 4.90 Å². The highest BCUT2D eigenvalue weighted by Gasteiger charge is 2.47. The van der Waals surface area contributed by atoms with E-state index in [0.29, 0.717) is 12.4 Å². The zero-order valence-electron chi connectivity index (χ0n) is 16.6. The molecular weight excluding hydrogens is 368 g/mol. The van der Waals surface area contributed by atoms with Gasteiger partial charge in [0.05, 0.1) is 24.1 Å². The molecule has 1 aliphatic heterocycles. The Hall–Kier alpha value is -2.96. The number of aromatic nitrogens is 2. The van der Waals surface area contributed by atoms with Crippen molar-refractivity contribution >= 4 is 23.5 Å². The van der Waals surface area contributed by atoms with Crippen molar-refractivity contribution in [3.8, 4) is 0 Å². The van der Waals surface area contributed by atoms with Gasteiger partial charge in [-0.2, -0.15) is 5.10 Å². The lowest BCUT2D eigenvalue weighted by molar-refractivity contribution is -0.140. The molecule has 152 valence electrons. The standard InChI is InChI=1S/C22H26N4O3/c1-15-13-19(26(24-15)14-16-7-3-2-4-8-16)23-20(27)11-12-25-21(28)17-9-5-6-10-18(17)22(25)29/h2-4,7-8,13,17-18H,5-6,9-12,14H2,1H3,(H,23,27). The number of hydrogen-bond donors (Lipinski definition) is 1. The molecule has 4 rings (SSSR count). The molecule has 0 radical (unpaired) electrons. The summed E-state index contributed by atoms with van der Waals surface area (Å²) in [6.07, 6.45) is 3.66. The largest absolute Gasteiger partial charge is 0.311 e. The number of likely N-dealkylation sites (tertiary alicyclic amines) is 1. The Morgan fingerprint density at radius 1 is 1.10 bits per heavy atom. The van der Waals surface area contributed by atoms with Crippen LogP contribution in [0.3, 0.4) is 0 Å². The van der Waals surface area contributed by atoms with Crippen LogP contribution in [-0.2, 0) is 20.9 Å². The molecule has 1 N–H and O–H groups in total. The summed E-state index contributed by atoms with van der Waals surface area (Å²) < 4.78 is 1.75. The molecule has 1 aromatic heterocycles. The van der Waals surface area contributed by atoms with E-state index >= 15 is 0 Å². The predicted molar refractivity (Wildman–Crippen MR) is 108 cm³/mol. The second-order valence-corrected chi connectivity index (χ2v) is 7.94. The van der Waals surface area contributed by atoms with Crippen molar-refractivity contribution in [3.05, 3.63) is 47.7 Å². The molecule has 2 aromatic rings. The normalized spacial score (nSPS) is 21.3. The van der Waals surface area contributed by atoms with Gasteiger partial charge in [-0.05, 0) is 25.3 Å². The average Bonchev–Trinajstić information content (AvgIpc) is 3.18. The van der Waals surface area contributed by atoms with E-state index in [-0.39, 0.29) is 42.5 Å². The molecule has 1 aliphatic carbocycles. The summed E-state index contributed by atoms with van der Waals surface area (Å²) in [6.45, 7) is 2.57. The van der Waals surface area contributed by atoms with Crippen molar-refractivity contribution in [2.45, 2.75) is 45.6 Å². The van der Waals surface area contributed by atoms with Gasteiger partial charge in [0.2, 0.25) is 17.7 Å². The molecule has 0 spiro atoms. The van der Waals surface area contributed by atoms with Gasteiger partial charge in [0.1, 0.15) is 5.82 Å².